The fourth-order valence-corrected chi connectivity index (χ4v) is 5.23. The number of aliphatic hydroxyl groups is 1. The fraction of sp³-hybridized carbons (Fsp3) is 0.667. The van der Waals surface area contributed by atoms with Gasteiger partial charge in [-0.3, -0.25) is 4.79 Å². The van der Waals surface area contributed by atoms with Gasteiger partial charge in [0.15, 0.2) is 0 Å². The quantitative estimate of drug-likeness (QED) is 0.460. The van der Waals surface area contributed by atoms with Crippen LogP contribution in [0.2, 0.25) is 0 Å². The highest BCUT2D eigenvalue weighted by molar-refractivity contribution is 5.78. The molecule has 4 rings (SSSR count). The number of epoxide rings is 1. The zero-order valence-electron chi connectivity index (χ0n) is 15.7. The molecule has 5 heteroatoms. The van der Waals surface area contributed by atoms with Crippen LogP contribution in [-0.4, -0.2) is 66.2 Å². The first-order valence-electron chi connectivity index (χ1n) is 9.95. The second-order valence-electron chi connectivity index (χ2n) is 8.30. The Labute approximate surface area is 155 Å². The normalized spacial score (nSPS) is 38.5. The van der Waals surface area contributed by atoms with Gasteiger partial charge in [0.1, 0.15) is 36.3 Å². The molecular weight excluding hydrogens is 330 g/mol. The highest BCUT2D eigenvalue weighted by atomic mass is 16.6. The Morgan fingerprint density at radius 2 is 1.92 bits per heavy atom. The Morgan fingerprint density at radius 3 is 2.50 bits per heavy atom. The van der Waals surface area contributed by atoms with Crippen LogP contribution in [0, 0.1) is 0 Å². The van der Waals surface area contributed by atoms with Crippen molar-refractivity contribution in [1.29, 1.82) is 0 Å². The monoisotopic (exact) mass is 360 g/mol. The molecule has 7 atom stereocenters. The van der Waals surface area contributed by atoms with Gasteiger partial charge in [0.2, 0.25) is 0 Å². The molecule has 0 saturated carbocycles. The summed E-state index contributed by atoms with van der Waals surface area (Å²) in [5, 5.41) is 9.70. The lowest BCUT2D eigenvalue weighted by Crippen LogP contribution is -2.62. The van der Waals surface area contributed by atoms with Gasteiger partial charge >= 0.3 is 5.97 Å². The fourth-order valence-electron chi connectivity index (χ4n) is 5.23. The SMILES string of the molecule is CCCC[N+]1(C)C2CC(OC(=O)C(CO)c3ccccc3)C[C@H]1[C@H]1OC21. The number of unbranched alkanes of at least 4 members (excludes halogenated alkanes) is 1. The van der Waals surface area contributed by atoms with Crippen LogP contribution in [0.1, 0.15) is 44.1 Å². The minimum absolute atomic E-state index is 0.0560. The smallest absolute Gasteiger partial charge is 0.316 e. The summed E-state index contributed by atoms with van der Waals surface area (Å²) < 4.78 is 12.9. The number of aliphatic hydroxyl groups excluding tert-OH is 1. The first-order valence-corrected chi connectivity index (χ1v) is 9.95. The third-order valence-corrected chi connectivity index (χ3v) is 6.79. The van der Waals surface area contributed by atoms with E-state index in [9.17, 15) is 9.90 Å². The number of likely N-dealkylation sites (N-methyl/N-ethyl adjacent to an activating group) is 1. The molecule has 5 nitrogen and oxygen atoms in total. The topological polar surface area (TPSA) is 59.1 Å². The molecule has 5 unspecified atom stereocenters. The summed E-state index contributed by atoms with van der Waals surface area (Å²) in [5.41, 5.74) is 0.813. The largest absolute Gasteiger partial charge is 0.461 e. The molecule has 3 aliphatic heterocycles. The molecule has 0 spiro atoms. The average Bonchev–Trinajstić information content (AvgIpc) is 3.40. The van der Waals surface area contributed by atoms with E-state index in [1.54, 1.807) is 0 Å². The van der Waals surface area contributed by atoms with Crippen LogP contribution < -0.4 is 0 Å². The van der Waals surface area contributed by atoms with Crippen molar-refractivity contribution in [3.63, 3.8) is 0 Å². The number of rotatable bonds is 7. The summed E-state index contributed by atoms with van der Waals surface area (Å²) in [6, 6.07) is 10.3. The average molecular weight is 360 g/mol. The lowest BCUT2D eigenvalue weighted by molar-refractivity contribution is -0.956. The number of nitrogens with zero attached hydrogens (tertiary/aromatic N) is 1. The molecule has 1 aromatic rings. The summed E-state index contributed by atoms with van der Waals surface area (Å²) in [6.07, 6.45) is 4.83. The Morgan fingerprint density at radius 1 is 1.27 bits per heavy atom. The number of ether oxygens (including phenoxy) is 2. The summed E-state index contributed by atoms with van der Waals surface area (Å²) in [7, 11) is 2.36. The van der Waals surface area contributed by atoms with Crippen molar-refractivity contribution in [2.75, 3.05) is 20.2 Å². The molecule has 0 aliphatic carbocycles. The van der Waals surface area contributed by atoms with E-state index in [4.69, 9.17) is 9.47 Å². The summed E-state index contributed by atoms with van der Waals surface area (Å²) in [5.74, 6) is -0.898. The number of piperidine rings is 1. The van der Waals surface area contributed by atoms with Crippen molar-refractivity contribution in [2.45, 2.75) is 68.9 Å². The number of carbonyl (C=O) groups excluding carboxylic acids is 1. The zero-order chi connectivity index (χ0) is 18.3. The molecule has 1 N–H and O–H groups in total. The van der Waals surface area contributed by atoms with Crippen LogP contribution in [-0.2, 0) is 14.3 Å². The van der Waals surface area contributed by atoms with Crippen LogP contribution >= 0.6 is 0 Å². The number of morpholine rings is 1. The molecule has 3 fully saturated rings. The van der Waals surface area contributed by atoms with E-state index in [0.29, 0.717) is 24.3 Å². The number of benzene rings is 1. The van der Waals surface area contributed by atoms with E-state index in [0.717, 1.165) is 22.9 Å². The van der Waals surface area contributed by atoms with Gasteiger partial charge in [-0.15, -0.1) is 0 Å². The maximum Gasteiger partial charge on any atom is 0.316 e. The van der Waals surface area contributed by atoms with Crippen molar-refractivity contribution in [1.82, 2.24) is 0 Å². The van der Waals surface area contributed by atoms with Gasteiger partial charge in [-0.2, -0.15) is 0 Å². The number of esters is 1. The van der Waals surface area contributed by atoms with Gasteiger partial charge < -0.3 is 19.1 Å². The number of quaternary nitrogens is 1. The summed E-state index contributed by atoms with van der Waals surface area (Å²) in [4.78, 5) is 12.7. The van der Waals surface area contributed by atoms with E-state index < -0.39 is 5.92 Å². The molecule has 0 radical (unpaired) electrons. The van der Waals surface area contributed by atoms with E-state index in [1.165, 1.54) is 19.4 Å². The molecule has 0 amide bonds. The Balaban J connectivity index is 1.42. The number of hydrogen-bond donors (Lipinski definition) is 1. The van der Waals surface area contributed by atoms with Crippen LogP contribution in [0.3, 0.4) is 0 Å². The van der Waals surface area contributed by atoms with E-state index in [1.807, 2.05) is 30.3 Å². The van der Waals surface area contributed by atoms with Crippen LogP contribution in [0.25, 0.3) is 0 Å². The highest BCUT2D eigenvalue weighted by Gasteiger charge is 2.71. The van der Waals surface area contributed by atoms with Gasteiger partial charge in [0.05, 0.1) is 20.2 Å². The lowest BCUT2D eigenvalue weighted by atomic mass is 9.94. The van der Waals surface area contributed by atoms with Crippen molar-refractivity contribution in [3.8, 4) is 0 Å². The van der Waals surface area contributed by atoms with E-state index >= 15 is 0 Å². The minimum Gasteiger partial charge on any atom is -0.461 e. The van der Waals surface area contributed by atoms with Crippen molar-refractivity contribution in [3.05, 3.63) is 35.9 Å². The maximum absolute atomic E-state index is 12.7. The number of fused-ring (bicyclic) bond motifs is 5. The molecule has 26 heavy (non-hydrogen) atoms. The predicted molar refractivity (Wildman–Crippen MR) is 97.6 cm³/mol. The van der Waals surface area contributed by atoms with Crippen molar-refractivity contribution >= 4 is 5.97 Å². The second kappa shape index (κ2) is 6.95. The van der Waals surface area contributed by atoms with E-state index in [-0.39, 0.29) is 18.7 Å². The highest BCUT2D eigenvalue weighted by Crippen LogP contribution is 2.52. The van der Waals surface area contributed by atoms with Gasteiger partial charge in [-0.1, -0.05) is 43.7 Å². The lowest BCUT2D eigenvalue weighted by Gasteiger charge is -2.48. The van der Waals surface area contributed by atoms with Gasteiger partial charge in [0, 0.05) is 12.8 Å². The second-order valence-corrected chi connectivity index (χ2v) is 8.30. The molecule has 3 saturated heterocycles. The van der Waals surface area contributed by atoms with Crippen LogP contribution in [0.4, 0.5) is 0 Å². The Bertz CT molecular complexity index is 631. The summed E-state index contributed by atoms with van der Waals surface area (Å²) in [6.45, 7) is 3.20. The standard InChI is InChI=1S/C21H30NO4/c1-3-4-10-22(2)17-11-15(12-18(22)20-19(17)26-20)25-21(24)16(13-23)14-8-6-5-7-9-14/h5-9,15-20,23H,3-4,10-13H2,1-2H3/q+1/t15?,16?,17-,18?,19+,20?,22?/m0/s1. The predicted octanol–water partition coefficient (Wildman–Crippen LogP) is 2.23. The molecular formula is C21H30NO4+. The minimum atomic E-state index is -0.595. The summed E-state index contributed by atoms with van der Waals surface area (Å²) >= 11 is 0. The Hall–Kier alpha value is -1.43. The zero-order valence-corrected chi connectivity index (χ0v) is 15.7. The third kappa shape index (κ3) is 2.96. The number of carbonyl (C=O) groups is 1. The maximum atomic E-state index is 12.7. The van der Waals surface area contributed by atoms with Gasteiger partial charge in [0.25, 0.3) is 0 Å². The molecule has 142 valence electrons. The first-order chi connectivity index (χ1) is 12.6. The van der Waals surface area contributed by atoms with Gasteiger partial charge in [-0.25, -0.2) is 0 Å². The Kier molecular flexibility index (Phi) is 4.80. The molecule has 2 bridgehead atoms. The van der Waals surface area contributed by atoms with E-state index in [2.05, 4.69) is 14.0 Å². The van der Waals surface area contributed by atoms with Gasteiger partial charge in [-0.05, 0) is 12.0 Å². The molecule has 3 aliphatic rings. The van der Waals surface area contributed by atoms with Crippen LogP contribution in [0.15, 0.2) is 30.3 Å². The molecule has 0 aromatic heterocycles. The third-order valence-electron chi connectivity index (χ3n) is 6.79. The number of hydrogen-bond acceptors (Lipinski definition) is 4. The van der Waals surface area contributed by atoms with Crippen molar-refractivity contribution < 1.29 is 23.9 Å². The van der Waals surface area contributed by atoms with Crippen LogP contribution in [0.5, 0.6) is 0 Å². The molecule has 1 aromatic carbocycles. The van der Waals surface area contributed by atoms with Crippen molar-refractivity contribution in [2.24, 2.45) is 0 Å². The molecule has 3 heterocycles. The first kappa shape index (κ1) is 18.0.